The SMILES string of the molecule is Fc1cc(F)c2nc(C3CCCS3)[nH]c2c1. The van der Waals surface area contributed by atoms with Gasteiger partial charge in [-0.2, -0.15) is 11.8 Å². The average molecular weight is 240 g/mol. The summed E-state index contributed by atoms with van der Waals surface area (Å²) in [6.45, 7) is 0. The fourth-order valence-electron chi connectivity index (χ4n) is 2.01. The molecule has 0 saturated carbocycles. The second-order valence-corrected chi connectivity index (χ2v) is 5.22. The third-order valence-corrected chi connectivity index (χ3v) is 4.14. The molecule has 2 heterocycles. The predicted octanol–water partition coefficient (Wildman–Crippen LogP) is 3.41. The molecule has 5 heteroatoms. The van der Waals surface area contributed by atoms with Gasteiger partial charge in [0.15, 0.2) is 5.82 Å². The molecule has 1 aliphatic heterocycles. The van der Waals surface area contributed by atoms with E-state index in [2.05, 4.69) is 9.97 Å². The van der Waals surface area contributed by atoms with Crippen LogP contribution < -0.4 is 0 Å². The highest BCUT2D eigenvalue weighted by atomic mass is 32.2. The number of aromatic nitrogens is 2. The van der Waals surface area contributed by atoms with Crippen molar-refractivity contribution in [1.82, 2.24) is 9.97 Å². The number of aromatic amines is 1. The highest BCUT2D eigenvalue weighted by Gasteiger charge is 2.21. The molecule has 0 bridgehead atoms. The van der Waals surface area contributed by atoms with Crippen LogP contribution in [0.5, 0.6) is 0 Å². The van der Waals surface area contributed by atoms with Crippen LogP contribution in [0, 0.1) is 11.6 Å². The molecule has 2 nitrogen and oxygen atoms in total. The van der Waals surface area contributed by atoms with Gasteiger partial charge in [0.1, 0.15) is 17.2 Å². The van der Waals surface area contributed by atoms with Crippen LogP contribution in [0.15, 0.2) is 12.1 Å². The zero-order valence-electron chi connectivity index (χ0n) is 8.46. The Hall–Kier alpha value is -1.10. The molecule has 1 aromatic heterocycles. The van der Waals surface area contributed by atoms with Crippen LogP contribution in [0.4, 0.5) is 8.78 Å². The van der Waals surface area contributed by atoms with Crippen molar-refractivity contribution in [2.24, 2.45) is 0 Å². The Kier molecular flexibility index (Phi) is 2.35. The zero-order valence-corrected chi connectivity index (χ0v) is 9.28. The lowest BCUT2D eigenvalue weighted by molar-refractivity contribution is 0.590. The molecule has 1 unspecified atom stereocenters. The summed E-state index contributed by atoms with van der Waals surface area (Å²) in [4.78, 5) is 7.22. The van der Waals surface area contributed by atoms with Crippen LogP contribution in [-0.2, 0) is 0 Å². The van der Waals surface area contributed by atoms with Crippen LogP contribution in [0.1, 0.15) is 23.9 Å². The number of thioether (sulfide) groups is 1. The van der Waals surface area contributed by atoms with Crippen molar-refractivity contribution in [3.8, 4) is 0 Å². The maximum absolute atomic E-state index is 13.4. The minimum absolute atomic E-state index is 0.240. The van der Waals surface area contributed by atoms with E-state index in [4.69, 9.17) is 0 Å². The van der Waals surface area contributed by atoms with Crippen molar-refractivity contribution in [2.75, 3.05) is 5.75 Å². The van der Waals surface area contributed by atoms with Gasteiger partial charge in [0, 0.05) is 6.07 Å². The fourth-order valence-corrected chi connectivity index (χ4v) is 3.23. The summed E-state index contributed by atoms with van der Waals surface area (Å²) in [6.07, 6.45) is 2.21. The van der Waals surface area contributed by atoms with Crippen LogP contribution in [0.3, 0.4) is 0 Å². The summed E-state index contributed by atoms with van der Waals surface area (Å²) >= 11 is 1.81. The highest BCUT2D eigenvalue weighted by Crippen LogP contribution is 2.39. The number of H-pyrrole nitrogens is 1. The molecule has 1 fully saturated rings. The Balaban J connectivity index is 2.11. The van der Waals surface area contributed by atoms with Crippen LogP contribution in [0.25, 0.3) is 11.0 Å². The monoisotopic (exact) mass is 240 g/mol. The minimum Gasteiger partial charge on any atom is -0.341 e. The van der Waals surface area contributed by atoms with Gasteiger partial charge in [0.2, 0.25) is 0 Å². The topological polar surface area (TPSA) is 28.7 Å². The molecule has 1 N–H and O–H groups in total. The Labute approximate surface area is 95.4 Å². The van der Waals surface area contributed by atoms with Crippen LogP contribution in [-0.4, -0.2) is 15.7 Å². The summed E-state index contributed by atoms with van der Waals surface area (Å²) in [7, 11) is 0. The summed E-state index contributed by atoms with van der Waals surface area (Å²) in [5, 5.41) is 0.301. The Morgan fingerprint density at radius 1 is 1.38 bits per heavy atom. The quantitative estimate of drug-likeness (QED) is 0.827. The minimum atomic E-state index is -0.597. The second-order valence-electron chi connectivity index (χ2n) is 3.91. The van der Waals surface area contributed by atoms with Gasteiger partial charge in [0.25, 0.3) is 0 Å². The molecular weight excluding hydrogens is 230 g/mol. The molecule has 1 aliphatic rings. The third-order valence-electron chi connectivity index (χ3n) is 2.76. The second kappa shape index (κ2) is 3.73. The van der Waals surface area contributed by atoms with Crippen molar-refractivity contribution >= 4 is 22.8 Å². The Morgan fingerprint density at radius 3 is 3.00 bits per heavy atom. The molecule has 0 radical (unpaired) electrons. The fraction of sp³-hybridized carbons (Fsp3) is 0.364. The first-order valence-corrected chi connectivity index (χ1v) is 6.25. The Bertz CT molecular complexity index is 532. The Morgan fingerprint density at radius 2 is 2.25 bits per heavy atom. The number of fused-ring (bicyclic) bond motifs is 1. The largest absolute Gasteiger partial charge is 0.341 e. The van der Waals surface area contributed by atoms with E-state index in [1.54, 1.807) is 0 Å². The number of imidazole rings is 1. The molecule has 0 amide bonds. The maximum Gasteiger partial charge on any atom is 0.153 e. The van der Waals surface area contributed by atoms with Gasteiger partial charge in [-0.15, -0.1) is 0 Å². The van der Waals surface area contributed by atoms with Crippen molar-refractivity contribution in [3.63, 3.8) is 0 Å². The molecule has 3 rings (SSSR count). The molecule has 16 heavy (non-hydrogen) atoms. The van der Waals surface area contributed by atoms with Crippen molar-refractivity contribution in [2.45, 2.75) is 18.1 Å². The normalized spacial score (nSPS) is 20.8. The third kappa shape index (κ3) is 1.59. The van der Waals surface area contributed by atoms with Gasteiger partial charge in [-0.25, -0.2) is 13.8 Å². The molecule has 2 aromatic rings. The molecule has 1 aromatic carbocycles. The van der Waals surface area contributed by atoms with E-state index < -0.39 is 11.6 Å². The molecule has 84 valence electrons. The van der Waals surface area contributed by atoms with Crippen molar-refractivity contribution in [3.05, 3.63) is 29.6 Å². The first-order valence-electron chi connectivity index (χ1n) is 5.20. The highest BCUT2D eigenvalue weighted by molar-refractivity contribution is 7.99. The number of hydrogen-bond acceptors (Lipinski definition) is 2. The smallest absolute Gasteiger partial charge is 0.153 e. The van der Waals surface area contributed by atoms with E-state index in [0.717, 1.165) is 30.5 Å². The molecule has 1 saturated heterocycles. The van der Waals surface area contributed by atoms with Gasteiger partial charge in [-0.3, -0.25) is 0 Å². The van der Waals surface area contributed by atoms with E-state index in [0.29, 0.717) is 10.8 Å². The van der Waals surface area contributed by atoms with E-state index in [1.807, 2.05) is 11.8 Å². The molecule has 0 aliphatic carbocycles. The lowest BCUT2D eigenvalue weighted by atomic mass is 10.2. The van der Waals surface area contributed by atoms with Crippen molar-refractivity contribution in [1.29, 1.82) is 0 Å². The number of halogens is 2. The summed E-state index contributed by atoms with van der Waals surface area (Å²) in [5.74, 6) is 0.709. The van der Waals surface area contributed by atoms with Crippen LogP contribution >= 0.6 is 11.8 Å². The number of rotatable bonds is 1. The van der Waals surface area contributed by atoms with Crippen LogP contribution in [0.2, 0.25) is 0 Å². The summed E-state index contributed by atoms with van der Waals surface area (Å²) < 4.78 is 26.4. The summed E-state index contributed by atoms with van der Waals surface area (Å²) in [5.41, 5.74) is 0.684. The first-order chi connectivity index (χ1) is 7.74. The number of hydrogen-bond donors (Lipinski definition) is 1. The van der Waals surface area contributed by atoms with Gasteiger partial charge in [0.05, 0.1) is 10.8 Å². The lowest BCUT2D eigenvalue weighted by Crippen LogP contribution is -1.90. The maximum atomic E-state index is 13.4. The van der Waals surface area contributed by atoms with Gasteiger partial charge >= 0.3 is 0 Å². The average Bonchev–Trinajstić information content (AvgIpc) is 2.82. The van der Waals surface area contributed by atoms with E-state index in [1.165, 1.54) is 6.07 Å². The van der Waals surface area contributed by atoms with E-state index in [9.17, 15) is 8.78 Å². The van der Waals surface area contributed by atoms with E-state index >= 15 is 0 Å². The van der Waals surface area contributed by atoms with Crippen molar-refractivity contribution < 1.29 is 8.78 Å². The standard InChI is InChI=1S/C11H10F2N2S/c12-6-4-7(13)10-8(5-6)14-11(15-10)9-2-1-3-16-9/h4-5,9H,1-3H2,(H,14,15). The zero-order chi connectivity index (χ0) is 11.1. The molecule has 1 atom stereocenters. The molecular formula is C11H10F2N2S. The lowest BCUT2D eigenvalue weighted by Gasteiger charge is -2.01. The number of nitrogens with one attached hydrogen (secondary N) is 1. The first kappa shape index (κ1) is 10.1. The van der Waals surface area contributed by atoms with E-state index in [-0.39, 0.29) is 5.52 Å². The van der Waals surface area contributed by atoms with Gasteiger partial charge < -0.3 is 4.98 Å². The predicted molar refractivity (Wildman–Crippen MR) is 60.4 cm³/mol. The van der Waals surface area contributed by atoms with Gasteiger partial charge in [-0.1, -0.05) is 0 Å². The molecule has 0 spiro atoms. The number of nitrogens with zero attached hydrogens (tertiary/aromatic N) is 1. The summed E-state index contributed by atoms with van der Waals surface area (Å²) in [6, 6.07) is 2.16. The van der Waals surface area contributed by atoms with Gasteiger partial charge in [-0.05, 0) is 24.7 Å². The number of benzene rings is 1.